The summed E-state index contributed by atoms with van der Waals surface area (Å²) in [6.45, 7) is 4.06. The van der Waals surface area contributed by atoms with Crippen LogP contribution in [-0.2, 0) is 9.09 Å². The highest BCUT2D eigenvalue weighted by Crippen LogP contribution is 2.30. The van der Waals surface area contributed by atoms with Gasteiger partial charge in [-0.05, 0) is 19.3 Å². The van der Waals surface area contributed by atoms with E-state index in [1.807, 2.05) is 13.8 Å². The Morgan fingerprint density at radius 2 is 2.08 bits per heavy atom. The van der Waals surface area contributed by atoms with Crippen LogP contribution >= 0.6 is 8.25 Å². The number of nitrogens with zero attached hydrogens (tertiary/aromatic N) is 1. The van der Waals surface area contributed by atoms with Crippen molar-refractivity contribution >= 4 is 8.25 Å². The Balaban J connectivity index is 3.98. The minimum absolute atomic E-state index is 0.184. The Bertz CT molecular complexity index is 208. The molecule has 76 valence electrons. The van der Waals surface area contributed by atoms with Crippen molar-refractivity contribution in [1.82, 2.24) is 0 Å². The molecule has 0 bridgehead atoms. The lowest BCUT2D eigenvalue weighted by atomic mass is 9.81. The fraction of sp³-hybridized carbons (Fsp3) is 0.875. The standard InChI is InChI=1S/C8H16NO3P/c1-3-8(4-2,7-9)5-6-12-13(10)11/h13H,3-6H2,1-2H3,(H,10,11). The summed E-state index contributed by atoms with van der Waals surface area (Å²) in [4.78, 5) is 8.41. The van der Waals surface area contributed by atoms with Gasteiger partial charge in [0.2, 0.25) is 0 Å². The zero-order valence-corrected chi connectivity index (χ0v) is 9.04. The molecule has 0 aliphatic carbocycles. The van der Waals surface area contributed by atoms with Gasteiger partial charge < -0.3 is 9.42 Å². The summed E-state index contributed by atoms with van der Waals surface area (Å²) >= 11 is 0. The quantitative estimate of drug-likeness (QED) is 0.674. The summed E-state index contributed by atoms with van der Waals surface area (Å²) in [7, 11) is -2.84. The second-order valence-electron chi connectivity index (χ2n) is 2.96. The van der Waals surface area contributed by atoms with Crippen molar-refractivity contribution < 1.29 is 14.0 Å². The Kier molecular flexibility index (Phi) is 5.98. The van der Waals surface area contributed by atoms with Crippen LogP contribution in [0.15, 0.2) is 0 Å². The topological polar surface area (TPSA) is 70.3 Å². The monoisotopic (exact) mass is 205 g/mol. The van der Waals surface area contributed by atoms with Crippen molar-refractivity contribution in [3.63, 3.8) is 0 Å². The van der Waals surface area contributed by atoms with Gasteiger partial charge in [0.05, 0.1) is 18.1 Å². The molecule has 1 unspecified atom stereocenters. The summed E-state index contributed by atoms with van der Waals surface area (Å²) < 4.78 is 14.8. The fourth-order valence-electron chi connectivity index (χ4n) is 1.15. The third kappa shape index (κ3) is 4.42. The molecular weight excluding hydrogens is 189 g/mol. The molecular formula is C8H16NO3P. The van der Waals surface area contributed by atoms with Gasteiger partial charge in [-0.15, -0.1) is 0 Å². The van der Waals surface area contributed by atoms with E-state index >= 15 is 0 Å². The van der Waals surface area contributed by atoms with E-state index in [2.05, 4.69) is 10.6 Å². The van der Waals surface area contributed by atoms with Crippen LogP contribution in [0.1, 0.15) is 33.1 Å². The van der Waals surface area contributed by atoms with Crippen molar-refractivity contribution in [2.75, 3.05) is 6.61 Å². The fourth-order valence-corrected chi connectivity index (χ4v) is 1.43. The van der Waals surface area contributed by atoms with Crippen LogP contribution in [0.3, 0.4) is 0 Å². The highest BCUT2D eigenvalue weighted by Gasteiger charge is 2.25. The molecule has 0 aliphatic rings. The maximum absolute atomic E-state index is 10.2. The number of nitriles is 1. The van der Waals surface area contributed by atoms with Gasteiger partial charge in [0, 0.05) is 0 Å². The van der Waals surface area contributed by atoms with Crippen molar-refractivity contribution in [1.29, 1.82) is 5.26 Å². The zero-order chi connectivity index (χ0) is 10.3. The summed E-state index contributed by atoms with van der Waals surface area (Å²) in [5.74, 6) is 0. The van der Waals surface area contributed by atoms with E-state index in [1.54, 1.807) is 0 Å². The van der Waals surface area contributed by atoms with Gasteiger partial charge in [-0.1, -0.05) is 13.8 Å². The molecule has 13 heavy (non-hydrogen) atoms. The van der Waals surface area contributed by atoms with Gasteiger partial charge >= 0.3 is 8.25 Å². The molecule has 4 nitrogen and oxygen atoms in total. The van der Waals surface area contributed by atoms with Crippen LogP contribution in [0.25, 0.3) is 0 Å². The molecule has 0 heterocycles. The number of rotatable bonds is 6. The number of hydrogen-bond acceptors (Lipinski definition) is 3. The first-order valence-electron chi connectivity index (χ1n) is 4.37. The molecule has 0 aromatic heterocycles. The molecule has 0 aromatic carbocycles. The lowest BCUT2D eigenvalue weighted by Gasteiger charge is -2.22. The van der Waals surface area contributed by atoms with E-state index in [9.17, 15) is 4.57 Å². The van der Waals surface area contributed by atoms with Gasteiger partial charge in [0.15, 0.2) is 0 Å². The van der Waals surface area contributed by atoms with E-state index in [4.69, 9.17) is 10.2 Å². The van der Waals surface area contributed by atoms with Crippen LogP contribution in [0.4, 0.5) is 0 Å². The first-order chi connectivity index (χ1) is 6.10. The van der Waals surface area contributed by atoms with Crippen LogP contribution in [0.2, 0.25) is 0 Å². The molecule has 1 N–H and O–H groups in total. The van der Waals surface area contributed by atoms with E-state index in [1.165, 1.54) is 0 Å². The van der Waals surface area contributed by atoms with Gasteiger partial charge in [0.1, 0.15) is 0 Å². The minimum atomic E-state index is -2.84. The molecule has 5 heteroatoms. The minimum Gasteiger partial charge on any atom is -0.326 e. The van der Waals surface area contributed by atoms with Crippen LogP contribution in [0, 0.1) is 16.7 Å². The van der Waals surface area contributed by atoms with Crippen LogP contribution in [0.5, 0.6) is 0 Å². The smallest absolute Gasteiger partial charge is 0.316 e. The second-order valence-corrected chi connectivity index (χ2v) is 3.78. The molecule has 0 saturated carbocycles. The van der Waals surface area contributed by atoms with E-state index in [-0.39, 0.29) is 6.61 Å². The summed E-state index contributed by atoms with van der Waals surface area (Å²) in [5.41, 5.74) is -0.392. The summed E-state index contributed by atoms with van der Waals surface area (Å²) in [5, 5.41) is 8.90. The van der Waals surface area contributed by atoms with Crippen molar-refractivity contribution in [2.24, 2.45) is 5.41 Å². The van der Waals surface area contributed by atoms with Gasteiger partial charge in [-0.3, -0.25) is 4.57 Å². The van der Waals surface area contributed by atoms with Gasteiger partial charge in [0.25, 0.3) is 0 Å². The number of hydrogen-bond donors (Lipinski definition) is 1. The van der Waals surface area contributed by atoms with Gasteiger partial charge in [-0.2, -0.15) is 5.26 Å². The third-order valence-electron chi connectivity index (χ3n) is 2.40. The highest BCUT2D eigenvalue weighted by molar-refractivity contribution is 7.32. The lowest BCUT2D eigenvalue weighted by molar-refractivity contribution is 0.219. The van der Waals surface area contributed by atoms with E-state index in [0.717, 1.165) is 12.8 Å². The van der Waals surface area contributed by atoms with Crippen LogP contribution < -0.4 is 0 Å². The maximum atomic E-state index is 10.2. The molecule has 0 aromatic rings. The Morgan fingerprint density at radius 3 is 2.38 bits per heavy atom. The molecule has 0 radical (unpaired) electrons. The zero-order valence-electron chi connectivity index (χ0n) is 8.04. The molecule has 0 saturated heterocycles. The average Bonchev–Trinajstić information content (AvgIpc) is 2.13. The first-order valence-corrected chi connectivity index (χ1v) is 5.63. The predicted octanol–water partition coefficient (Wildman–Crippen LogP) is 2.11. The Labute approximate surface area is 79.5 Å². The maximum Gasteiger partial charge on any atom is 0.316 e. The lowest BCUT2D eigenvalue weighted by Crippen LogP contribution is -2.18. The molecule has 0 spiro atoms. The normalized spacial score (nSPS) is 13.7. The predicted molar refractivity (Wildman–Crippen MR) is 50.4 cm³/mol. The third-order valence-corrected chi connectivity index (χ3v) is 2.85. The summed E-state index contributed by atoms with van der Waals surface area (Å²) in [6, 6.07) is 2.24. The molecule has 0 rings (SSSR count). The van der Waals surface area contributed by atoms with E-state index in [0.29, 0.717) is 6.42 Å². The Hall–Kier alpha value is -0.360. The average molecular weight is 205 g/mol. The second kappa shape index (κ2) is 6.15. The Morgan fingerprint density at radius 1 is 1.54 bits per heavy atom. The van der Waals surface area contributed by atoms with Crippen molar-refractivity contribution in [3.05, 3.63) is 0 Å². The molecule has 0 fully saturated rings. The SMILES string of the molecule is CCC(C#N)(CC)CCO[PH](=O)O. The van der Waals surface area contributed by atoms with Crippen LogP contribution in [-0.4, -0.2) is 11.5 Å². The molecule has 0 amide bonds. The first kappa shape index (κ1) is 12.6. The van der Waals surface area contributed by atoms with Gasteiger partial charge in [-0.25, -0.2) is 0 Å². The largest absolute Gasteiger partial charge is 0.326 e. The van der Waals surface area contributed by atoms with Crippen molar-refractivity contribution in [2.45, 2.75) is 33.1 Å². The molecule has 0 aliphatic heterocycles. The summed E-state index contributed by atoms with van der Waals surface area (Å²) in [6.07, 6.45) is 2.01. The molecule has 1 atom stereocenters. The van der Waals surface area contributed by atoms with Crippen molar-refractivity contribution in [3.8, 4) is 6.07 Å². The highest BCUT2D eigenvalue weighted by atomic mass is 31.1. The van der Waals surface area contributed by atoms with E-state index < -0.39 is 13.7 Å².